The SMILES string of the molecule is CCOP(=O)(OCC)[C@H](N)c1ccccn1. The second-order valence-electron chi connectivity index (χ2n) is 3.07. The van der Waals surface area contributed by atoms with Crippen molar-refractivity contribution in [3.63, 3.8) is 0 Å². The maximum absolute atomic E-state index is 12.3. The maximum Gasteiger partial charge on any atom is 0.353 e. The average molecular weight is 244 g/mol. The Labute approximate surface area is 95.5 Å². The molecule has 1 atom stereocenters. The summed E-state index contributed by atoms with van der Waals surface area (Å²) in [5.41, 5.74) is 6.38. The topological polar surface area (TPSA) is 74.4 Å². The van der Waals surface area contributed by atoms with Crippen LogP contribution < -0.4 is 5.73 Å². The van der Waals surface area contributed by atoms with Crippen molar-refractivity contribution < 1.29 is 13.6 Å². The summed E-state index contributed by atoms with van der Waals surface area (Å²) in [6, 6.07) is 5.25. The van der Waals surface area contributed by atoms with Gasteiger partial charge in [-0.05, 0) is 26.0 Å². The highest BCUT2D eigenvalue weighted by Gasteiger charge is 2.34. The van der Waals surface area contributed by atoms with Gasteiger partial charge in [0.05, 0.1) is 18.9 Å². The molecule has 16 heavy (non-hydrogen) atoms. The number of aromatic nitrogens is 1. The van der Waals surface area contributed by atoms with Crippen molar-refractivity contribution in [3.05, 3.63) is 30.1 Å². The molecule has 0 radical (unpaired) electrons. The van der Waals surface area contributed by atoms with Gasteiger partial charge in [-0.1, -0.05) is 6.07 Å². The zero-order chi connectivity index (χ0) is 12.0. The van der Waals surface area contributed by atoms with Crippen LogP contribution in [0.15, 0.2) is 24.4 Å². The Morgan fingerprint density at radius 1 is 1.38 bits per heavy atom. The molecule has 0 amide bonds. The fraction of sp³-hybridized carbons (Fsp3) is 0.500. The first-order valence-electron chi connectivity index (χ1n) is 5.19. The molecule has 0 spiro atoms. The van der Waals surface area contributed by atoms with Gasteiger partial charge in [-0.25, -0.2) is 0 Å². The van der Waals surface area contributed by atoms with Gasteiger partial charge in [0.1, 0.15) is 0 Å². The van der Waals surface area contributed by atoms with Crippen molar-refractivity contribution in [2.24, 2.45) is 5.73 Å². The van der Waals surface area contributed by atoms with Gasteiger partial charge < -0.3 is 14.8 Å². The number of rotatable bonds is 6. The van der Waals surface area contributed by atoms with Gasteiger partial charge in [-0.2, -0.15) is 0 Å². The van der Waals surface area contributed by atoms with Crippen LogP contribution in [0.3, 0.4) is 0 Å². The Morgan fingerprint density at radius 2 is 2.00 bits per heavy atom. The molecule has 0 bridgehead atoms. The molecule has 5 nitrogen and oxygen atoms in total. The summed E-state index contributed by atoms with van der Waals surface area (Å²) in [7, 11) is -3.32. The third-order valence-electron chi connectivity index (χ3n) is 1.95. The highest BCUT2D eigenvalue weighted by atomic mass is 31.2. The molecular formula is C10H17N2O3P. The lowest BCUT2D eigenvalue weighted by molar-refractivity contribution is 0.212. The number of pyridine rings is 1. The van der Waals surface area contributed by atoms with Crippen molar-refractivity contribution in [1.82, 2.24) is 4.98 Å². The van der Waals surface area contributed by atoms with E-state index >= 15 is 0 Å². The van der Waals surface area contributed by atoms with Crippen molar-refractivity contribution in [2.45, 2.75) is 19.6 Å². The first kappa shape index (κ1) is 13.3. The van der Waals surface area contributed by atoms with Gasteiger partial charge in [0.25, 0.3) is 0 Å². The molecule has 6 heteroatoms. The van der Waals surface area contributed by atoms with Gasteiger partial charge in [0.15, 0.2) is 5.78 Å². The molecule has 0 unspecified atom stereocenters. The zero-order valence-corrected chi connectivity index (χ0v) is 10.4. The lowest BCUT2D eigenvalue weighted by Crippen LogP contribution is -2.16. The second kappa shape index (κ2) is 6.11. The molecule has 0 saturated heterocycles. The lowest BCUT2D eigenvalue weighted by atomic mass is 10.3. The second-order valence-corrected chi connectivity index (χ2v) is 5.23. The quantitative estimate of drug-likeness (QED) is 0.777. The van der Waals surface area contributed by atoms with Gasteiger partial charge in [-0.15, -0.1) is 0 Å². The molecule has 1 aromatic heterocycles. The Bertz CT molecular complexity index is 348. The minimum atomic E-state index is -3.32. The molecule has 1 aromatic rings. The standard InChI is InChI=1S/C10H17N2O3P/c1-3-14-16(13,15-4-2)10(11)9-7-5-6-8-12-9/h5-8,10H,3-4,11H2,1-2H3/t10-/m0/s1. The summed E-state index contributed by atoms with van der Waals surface area (Å²) in [6.45, 7) is 4.07. The van der Waals surface area contributed by atoms with E-state index in [9.17, 15) is 4.57 Å². The summed E-state index contributed by atoms with van der Waals surface area (Å²) in [6.07, 6.45) is 1.59. The molecule has 0 fully saturated rings. The largest absolute Gasteiger partial charge is 0.353 e. The molecular weight excluding hydrogens is 227 g/mol. The van der Waals surface area contributed by atoms with E-state index in [0.29, 0.717) is 5.69 Å². The summed E-state index contributed by atoms with van der Waals surface area (Å²) >= 11 is 0. The lowest BCUT2D eigenvalue weighted by Gasteiger charge is -2.22. The van der Waals surface area contributed by atoms with Crippen LogP contribution >= 0.6 is 7.60 Å². The zero-order valence-electron chi connectivity index (χ0n) is 9.50. The van der Waals surface area contributed by atoms with Crippen molar-refractivity contribution in [1.29, 1.82) is 0 Å². The van der Waals surface area contributed by atoms with E-state index < -0.39 is 13.4 Å². The van der Waals surface area contributed by atoms with Crippen molar-refractivity contribution >= 4 is 7.60 Å². The predicted octanol–water partition coefficient (Wildman–Crippen LogP) is 2.31. The normalized spacial score (nSPS) is 13.7. The van der Waals surface area contributed by atoms with Crippen LogP contribution in [-0.4, -0.2) is 18.2 Å². The number of hydrogen-bond donors (Lipinski definition) is 1. The molecule has 0 aliphatic carbocycles. The number of hydrogen-bond acceptors (Lipinski definition) is 5. The van der Waals surface area contributed by atoms with Crippen molar-refractivity contribution in [3.8, 4) is 0 Å². The first-order chi connectivity index (χ1) is 7.64. The van der Waals surface area contributed by atoms with Crippen LogP contribution in [0, 0.1) is 0 Å². The number of nitrogens with two attached hydrogens (primary N) is 1. The minimum absolute atomic E-state index is 0.289. The number of nitrogens with zero attached hydrogens (tertiary/aromatic N) is 1. The summed E-state index contributed by atoms with van der Waals surface area (Å²) in [4.78, 5) is 4.05. The average Bonchev–Trinajstić information content (AvgIpc) is 2.30. The third kappa shape index (κ3) is 3.12. The first-order valence-corrected chi connectivity index (χ1v) is 6.80. The Hall–Kier alpha value is -0.740. The van der Waals surface area contributed by atoms with Crippen LogP contribution in [0.25, 0.3) is 0 Å². The highest BCUT2D eigenvalue weighted by molar-refractivity contribution is 7.54. The molecule has 2 N–H and O–H groups in total. The smallest absolute Gasteiger partial charge is 0.313 e. The maximum atomic E-state index is 12.3. The molecule has 0 saturated carbocycles. The Kier molecular flexibility index (Phi) is 5.09. The Morgan fingerprint density at radius 3 is 2.44 bits per heavy atom. The van der Waals surface area contributed by atoms with Crippen molar-refractivity contribution in [2.75, 3.05) is 13.2 Å². The molecule has 1 heterocycles. The molecule has 0 aromatic carbocycles. The summed E-state index contributed by atoms with van der Waals surface area (Å²) in [5, 5.41) is 0. The van der Waals surface area contributed by atoms with E-state index in [-0.39, 0.29) is 13.2 Å². The van der Waals surface area contributed by atoms with Gasteiger partial charge in [0.2, 0.25) is 0 Å². The van der Waals surface area contributed by atoms with E-state index in [1.807, 2.05) is 0 Å². The van der Waals surface area contributed by atoms with Crippen LogP contribution in [0.1, 0.15) is 25.3 Å². The van der Waals surface area contributed by atoms with Crippen LogP contribution in [0.2, 0.25) is 0 Å². The van der Waals surface area contributed by atoms with Crippen LogP contribution in [0.4, 0.5) is 0 Å². The fourth-order valence-electron chi connectivity index (χ4n) is 1.27. The highest BCUT2D eigenvalue weighted by Crippen LogP contribution is 2.57. The predicted molar refractivity (Wildman–Crippen MR) is 62.0 cm³/mol. The Balaban J connectivity index is 2.91. The van der Waals surface area contributed by atoms with E-state index in [0.717, 1.165) is 0 Å². The van der Waals surface area contributed by atoms with Gasteiger partial charge in [0, 0.05) is 6.20 Å². The third-order valence-corrected chi connectivity index (χ3v) is 4.13. The molecule has 0 aliphatic heterocycles. The van der Waals surface area contributed by atoms with E-state index in [1.54, 1.807) is 38.2 Å². The monoisotopic (exact) mass is 244 g/mol. The molecule has 90 valence electrons. The van der Waals surface area contributed by atoms with E-state index in [1.165, 1.54) is 0 Å². The van der Waals surface area contributed by atoms with E-state index in [2.05, 4.69) is 4.98 Å². The minimum Gasteiger partial charge on any atom is -0.313 e. The van der Waals surface area contributed by atoms with Crippen LogP contribution in [-0.2, 0) is 13.6 Å². The van der Waals surface area contributed by atoms with Crippen LogP contribution in [0.5, 0.6) is 0 Å². The van der Waals surface area contributed by atoms with E-state index in [4.69, 9.17) is 14.8 Å². The van der Waals surface area contributed by atoms with Gasteiger partial charge >= 0.3 is 7.60 Å². The summed E-state index contributed by atoms with van der Waals surface area (Å²) < 4.78 is 22.6. The van der Waals surface area contributed by atoms with Gasteiger partial charge in [-0.3, -0.25) is 9.55 Å². The summed E-state index contributed by atoms with van der Waals surface area (Å²) in [5.74, 6) is -0.839. The molecule has 1 rings (SSSR count). The molecule has 0 aliphatic rings. The fourth-order valence-corrected chi connectivity index (χ4v) is 2.86.